The summed E-state index contributed by atoms with van der Waals surface area (Å²) in [5, 5.41) is 19.9. The molecular formula is C23H27N5O3. The van der Waals surface area contributed by atoms with E-state index in [1.807, 2.05) is 24.1 Å². The third kappa shape index (κ3) is 4.74. The fourth-order valence-electron chi connectivity index (χ4n) is 3.90. The molecule has 3 heterocycles. The lowest BCUT2D eigenvalue weighted by molar-refractivity contribution is -0.131. The van der Waals surface area contributed by atoms with Gasteiger partial charge in [0.25, 0.3) is 5.91 Å². The number of aliphatic hydroxyl groups excluding tert-OH is 1. The number of rotatable bonds is 7. The van der Waals surface area contributed by atoms with Gasteiger partial charge in [0.05, 0.1) is 12.6 Å². The number of aliphatic hydroxyl groups is 1. The molecule has 2 aromatic heterocycles. The van der Waals surface area contributed by atoms with Crippen LogP contribution in [0.25, 0.3) is 11.0 Å². The fourth-order valence-corrected chi connectivity index (χ4v) is 3.90. The summed E-state index contributed by atoms with van der Waals surface area (Å²) in [6.07, 6.45) is 5.35. The SMILES string of the molecule is C[C@@H](CO)CCNC(=O)c1cccc(CC(=O)N2CCc3c(cnc4[nH]ncc34)C2)c1. The summed E-state index contributed by atoms with van der Waals surface area (Å²) < 4.78 is 0. The number of aromatic amines is 1. The van der Waals surface area contributed by atoms with Crippen LogP contribution in [0.1, 0.15) is 40.4 Å². The molecule has 3 aromatic rings. The van der Waals surface area contributed by atoms with Crippen LogP contribution in [0.4, 0.5) is 0 Å². The van der Waals surface area contributed by atoms with Crippen molar-refractivity contribution in [1.82, 2.24) is 25.4 Å². The minimum absolute atomic E-state index is 0.0345. The van der Waals surface area contributed by atoms with Gasteiger partial charge in [0.2, 0.25) is 5.91 Å². The molecule has 0 bridgehead atoms. The Balaban J connectivity index is 1.37. The van der Waals surface area contributed by atoms with Crippen molar-refractivity contribution in [2.75, 3.05) is 19.7 Å². The molecule has 0 saturated carbocycles. The van der Waals surface area contributed by atoms with Crippen molar-refractivity contribution in [2.45, 2.75) is 32.7 Å². The Morgan fingerprint density at radius 1 is 1.32 bits per heavy atom. The predicted octanol–water partition coefficient (Wildman–Crippen LogP) is 1.83. The molecule has 1 aromatic carbocycles. The van der Waals surface area contributed by atoms with Crippen LogP contribution in [0.15, 0.2) is 36.7 Å². The van der Waals surface area contributed by atoms with Gasteiger partial charge < -0.3 is 15.3 Å². The molecule has 0 unspecified atom stereocenters. The minimum Gasteiger partial charge on any atom is -0.396 e. The highest BCUT2D eigenvalue weighted by Gasteiger charge is 2.23. The van der Waals surface area contributed by atoms with Gasteiger partial charge in [-0.15, -0.1) is 0 Å². The molecule has 1 atom stereocenters. The molecular weight excluding hydrogens is 394 g/mol. The van der Waals surface area contributed by atoms with Crippen molar-refractivity contribution >= 4 is 22.8 Å². The number of amides is 2. The molecule has 1 aliphatic heterocycles. The van der Waals surface area contributed by atoms with Gasteiger partial charge in [-0.25, -0.2) is 4.98 Å². The lowest BCUT2D eigenvalue weighted by Crippen LogP contribution is -2.37. The zero-order chi connectivity index (χ0) is 21.8. The number of carbonyl (C=O) groups is 2. The van der Waals surface area contributed by atoms with Crippen LogP contribution in [-0.4, -0.2) is 56.7 Å². The summed E-state index contributed by atoms with van der Waals surface area (Å²) >= 11 is 0. The number of benzene rings is 1. The molecule has 0 radical (unpaired) electrons. The number of fused-ring (bicyclic) bond motifs is 3. The maximum atomic E-state index is 12.9. The van der Waals surface area contributed by atoms with Crippen molar-refractivity contribution in [2.24, 2.45) is 5.92 Å². The third-order valence-corrected chi connectivity index (χ3v) is 5.81. The quantitative estimate of drug-likeness (QED) is 0.539. The van der Waals surface area contributed by atoms with Gasteiger partial charge in [-0.3, -0.25) is 14.7 Å². The number of carbonyl (C=O) groups excluding carboxylic acids is 2. The monoisotopic (exact) mass is 421 g/mol. The second-order valence-electron chi connectivity index (χ2n) is 8.17. The van der Waals surface area contributed by atoms with Gasteiger partial charge in [0.1, 0.15) is 0 Å². The minimum atomic E-state index is -0.165. The topological polar surface area (TPSA) is 111 Å². The van der Waals surface area contributed by atoms with Crippen LogP contribution >= 0.6 is 0 Å². The lowest BCUT2D eigenvalue weighted by atomic mass is 9.98. The van der Waals surface area contributed by atoms with E-state index in [0.29, 0.717) is 25.2 Å². The average molecular weight is 422 g/mol. The molecule has 0 spiro atoms. The Kier molecular flexibility index (Phi) is 6.27. The highest BCUT2D eigenvalue weighted by Crippen LogP contribution is 2.25. The number of nitrogens with zero attached hydrogens (tertiary/aromatic N) is 3. The molecule has 8 heteroatoms. The van der Waals surface area contributed by atoms with Gasteiger partial charge in [0.15, 0.2) is 5.65 Å². The van der Waals surface area contributed by atoms with Crippen molar-refractivity contribution in [3.05, 3.63) is 58.9 Å². The zero-order valence-electron chi connectivity index (χ0n) is 17.6. The van der Waals surface area contributed by atoms with E-state index in [9.17, 15) is 9.59 Å². The van der Waals surface area contributed by atoms with Crippen LogP contribution in [0.3, 0.4) is 0 Å². The van der Waals surface area contributed by atoms with Gasteiger partial charge in [-0.2, -0.15) is 5.10 Å². The second-order valence-corrected chi connectivity index (χ2v) is 8.17. The molecule has 0 fully saturated rings. The van der Waals surface area contributed by atoms with Crippen LogP contribution in [-0.2, 0) is 24.2 Å². The summed E-state index contributed by atoms with van der Waals surface area (Å²) in [5.74, 6) is 0.0209. The zero-order valence-corrected chi connectivity index (χ0v) is 17.6. The summed E-state index contributed by atoms with van der Waals surface area (Å²) in [6, 6.07) is 7.20. The van der Waals surface area contributed by atoms with Crippen LogP contribution in [0.2, 0.25) is 0 Å². The van der Waals surface area contributed by atoms with E-state index >= 15 is 0 Å². The second kappa shape index (κ2) is 9.26. The molecule has 31 heavy (non-hydrogen) atoms. The first kappa shape index (κ1) is 21.0. The third-order valence-electron chi connectivity index (χ3n) is 5.81. The first-order chi connectivity index (χ1) is 15.0. The number of pyridine rings is 1. The maximum absolute atomic E-state index is 12.9. The average Bonchev–Trinajstić information content (AvgIpc) is 3.28. The Bertz CT molecular complexity index is 1090. The van der Waals surface area contributed by atoms with E-state index in [-0.39, 0.29) is 30.8 Å². The number of H-pyrrole nitrogens is 1. The normalized spacial score (nSPS) is 14.3. The maximum Gasteiger partial charge on any atom is 0.251 e. The molecule has 1 aliphatic rings. The largest absolute Gasteiger partial charge is 0.396 e. The molecule has 162 valence electrons. The van der Waals surface area contributed by atoms with E-state index in [0.717, 1.165) is 35.0 Å². The van der Waals surface area contributed by atoms with Gasteiger partial charge in [-0.05, 0) is 47.6 Å². The van der Waals surface area contributed by atoms with Crippen molar-refractivity contribution in [3.63, 3.8) is 0 Å². The van der Waals surface area contributed by atoms with Crippen molar-refractivity contribution in [1.29, 1.82) is 0 Å². The lowest BCUT2D eigenvalue weighted by Gasteiger charge is -2.29. The number of aromatic nitrogens is 3. The smallest absolute Gasteiger partial charge is 0.251 e. The molecule has 0 saturated heterocycles. The predicted molar refractivity (Wildman–Crippen MR) is 116 cm³/mol. The Morgan fingerprint density at radius 2 is 2.19 bits per heavy atom. The number of hydrogen-bond donors (Lipinski definition) is 3. The van der Waals surface area contributed by atoms with Gasteiger partial charge in [-0.1, -0.05) is 19.1 Å². The summed E-state index contributed by atoms with van der Waals surface area (Å²) in [6.45, 7) is 3.74. The van der Waals surface area contributed by atoms with Gasteiger partial charge in [0, 0.05) is 43.4 Å². The fraction of sp³-hybridized carbons (Fsp3) is 0.391. The molecule has 2 amide bonds. The van der Waals surface area contributed by atoms with E-state index in [1.165, 1.54) is 5.56 Å². The van der Waals surface area contributed by atoms with E-state index in [4.69, 9.17) is 5.11 Å². The molecule has 8 nitrogen and oxygen atoms in total. The van der Waals surface area contributed by atoms with Crippen LogP contribution in [0, 0.1) is 5.92 Å². The first-order valence-electron chi connectivity index (χ1n) is 10.6. The summed E-state index contributed by atoms with van der Waals surface area (Å²) in [7, 11) is 0. The van der Waals surface area contributed by atoms with Crippen molar-refractivity contribution in [3.8, 4) is 0 Å². The molecule has 0 aliphatic carbocycles. The van der Waals surface area contributed by atoms with E-state index in [1.54, 1.807) is 24.4 Å². The highest BCUT2D eigenvalue weighted by molar-refractivity contribution is 5.94. The van der Waals surface area contributed by atoms with Crippen LogP contribution < -0.4 is 5.32 Å². The van der Waals surface area contributed by atoms with Crippen molar-refractivity contribution < 1.29 is 14.7 Å². The number of nitrogens with one attached hydrogen (secondary N) is 2. The Labute approximate surface area is 180 Å². The standard InChI is InChI=1S/C23H27N5O3/c1-15(14-29)5-7-24-23(31)17-4-2-3-16(9-17)10-21(30)28-8-6-19-18(13-28)11-25-22-20(19)12-26-27-22/h2-4,9,11-12,15,29H,5-8,10,13-14H2,1H3,(H,24,31)(H,25,26,27)/t15-/m1/s1. The Hall–Kier alpha value is -3.26. The molecule has 4 rings (SSSR count). The van der Waals surface area contributed by atoms with E-state index in [2.05, 4.69) is 20.5 Å². The van der Waals surface area contributed by atoms with Crippen LogP contribution in [0.5, 0.6) is 0 Å². The van der Waals surface area contributed by atoms with E-state index < -0.39 is 0 Å². The first-order valence-corrected chi connectivity index (χ1v) is 10.6. The Morgan fingerprint density at radius 3 is 3.03 bits per heavy atom. The molecule has 3 N–H and O–H groups in total. The summed E-state index contributed by atoms with van der Waals surface area (Å²) in [4.78, 5) is 31.5. The highest BCUT2D eigenvalue weighted by atomic mass is 16.3. The number of hydrogen-bond acceptors (Lipinski definition) is 5. The van der Waals surface area contributed by atoms with Gasteiger partial charge >= 0.3 is 0 Å². The summed E-state index contributed by atoms with van der Waals surface area (Å²) in [5.41, 5.74) is 4.39.